The first kappa shape index (κ1) is 59.0. The van der Waals surface area contributed by atoms with Crippen molar-refractivity contribution in [3.05, 3.63) is 0 Å². The quantitative estimate of drug-likeness (QED) is 0.156. The van der Waals surface area contributed by atoms with Crippen LogP contribution in [-0.2, 0) is 17.4 Å². The molecule has 16 N–H and O–H groups in total. The van der Waals surface area contributed by atoms with Crippen LogP contribution in [0.4, 0.5) is 0 Å². The van der Waals surface area contributed by atoms with Gasteiger partial charge in [-0.05, 0) is 197 Å². The molecule has 0 aromatic carbocycles. The topological polar surface area (TPSA) is 192 Å². The van der Waals surface area contributed by atoms with Gasteiger partial charge >= 0.3 is 24.4 Å². The van der Waals surface area contributed by atoms with Crippen LogP contribution in [0.2, 0.25) is 0 Å². The summed E-state index contributed by atoms with van der Waals surface area (Å²) in [7, 11) is 0. The van der Waals surface area contributed by atoms with Crippen molar-refractivity contribution < 1.29 is 17.4 Å². The fourth-order valence-electron chi connectivity index (χ4n) is 23.9. The van der Waals surface area contributed by atoms with E-state index in [4.69, 9.17) is 0 Å². The Balaban J connectivity index is 0.000000137. The fraction of sp³-hybridized carbons (Fsp3) is 1.00. The predicted molar refractivity (Wildman–Crippen MR) is 324 cm³/mol. The van der Waals surface area contributed by atoms with Crippen molar-refractivity contribution in [1.29, 1.82) is 0 Å². The average Bonchev–Trinajstić information content (AvgIpc) is 4.52. The van der Waals surface area contributed by atoms with Gasteiger partial charge in [-0.15, -0.1) is 0 Å². The molecule has 0 radical (unpaired) electrons. The molecule has 18 fully saturated rings. The molecule has 16 bridgehead atoms. The molecule has 16 nitrogen and oxygen atoms in total. The molecule has 18 heteroatoms. The Kier molecular flexibility index (Phi) is 18.3. The summed E-state index contributed by atoms with van der Waals surface area (Å²) in [5.74, 6) is 11.9. The minimum atomic E-state index is 0. The van der Waals surface area contributed by atoms with Crippen molar-refractivity contribution in [2.45, 2.75) is 304 Å². The Morgan fingerprint density at radius 1 is 0.122 bits per heavy atom. The molecule has 0 amide bonds. The van der Waals surface area contributed by atoms with Crippen molar-refractivity contribution >= 4 is 24.4 Å². The van der Waals surface area contributed by atoms with Crippen LogP contribution in [0.5, 0.6) is 0 Å². The van der Waals surface area contributed by atoms with E-state index in [1.165, 1.54) is 205 Å². The number of fused-ring (bicyclic) bond motifs is 40. The molecule has 8 aliphatic carbocycles. The SMILES string of the molecule is C1CCC2C3NC(NC4NC(NC5NC(NC6NC(N3)C3CCCCC63)C3CCCCC53)C3CCCCC43)C2C1.C1CCC2C3NC(NC4NC(NC5NC(NC6NC(N3)C3CCCCC63)C3CCCCC53)C3CCCCC43)C2C1.[Cr].[SbH3]. The van der Waals surface area contributed by atoms with Gasteiger partial charge in [0.05, 0.1) is 98.7 Å². The van der Waals surface area contributed by atoms with Crippen molar-refractivity contribution in [2.24, 2.45) is 94.7 Å². The van der Waals surface area contributed by atoms with Crippen molar-refractivity contribution in [1.82, 2.24) is 85.1 Å². The Labute approximate surface area is 522 Å². The Hall–Kier alpha value is 0.711. The molecule has 16 atom stereocenters. The predicted octanol–water partition coefficient (Wildman–Crippen LogP) is 4.02. The summed E-state index contributed by atoms with van der Waals surface area (Å²) in [5, 5.41) is 67.6. The van der Waals surface area contributed by atoms with Crippen LogP contribution >= 0.6 is 0 Å². The second-order valence-electron chi connectivity index (χ2n) is 31.2. The van der Waals surface area contributed by atoms with Gasteiger partial charge in [0.25, 0.3) is 0 Å². The summed E-state index contributed by atoms with van der Waals surface area (Å²) < 4.78 is 0. The summed E-state index contributed by atoms with van der Waals surface area (Å²) in [6.45, 7) is 0. The number of hydrogen-bond acceptors (Lipinski definition) is 16. The van der Waals surface area contributed by atoms with Crippen molar-refractivity contribution in [3.63, 3.8) is 0 Å². The monoisotopic (exact) mass is 1280 g/mol. The standard InChI is InChI=1S/2C32H56N8.Cr.Sb.3H/c2*1-2-10-18-17(9-1)25-33-26(18)38-28-21-13-5-6-14-22(21)30(35-28)40-32-24-16-8-7-15-23(24)31(36-32)39-29-20-12-4-3-11-19(20)27(34-29)37-25;;;;;/h2*17-40H,1-16H2;;;;;. The Morgan fingerprint density at radius 2 is 0.183 bits per heavy atom. The summed E-state index contributed by atoms with van der Waals surface area (Å²) in [4.78, 5) is 0. The summed E-state index contributed by atoms with van der Waals surface area (Å²) in [6.07, 6.45) is 51.1. The van der Waals surface area contributed by atoms with Gasteiger partial charge in [0.2, 0.25) is 0 Å². The second-order valence-corrected chi connectivity index (χ2v) is 31.2. The van der Waals surface area contributed by atoms with Gasteiger partial charge in [-0.3, -0.25) is 85.1 Å². The van der Waals surface area contributed by atoms with Crippen LogP contribution in [0.3, 0.4) is 0 Å². The van der Waals surface area contributed by atoms with Crippen LogP contribution in [0.1, 0.15) is 205 Å². The Bertz CT molecular complexity index is 1580. The number of rotatable bonds is 0. The van der Waals surface area contributed by atoms with Crippen LogP contribution < -0.4 is 85.1 Å². The number of nitrogens with one attached hydrogen (secondary N) is 16. The van der Waals surface area contributed by atoms with E-state index in [1.54, 1.807) is 0 Å². The molecule has 462 valence electrons. The summed E-state index contributed by atoms with van der Waals surface area (Å²) >= 11 is 0. The van der Waals surface area contributed by atoms with E-state index in [0.29, 0.717) is 98.7 Å². The van der Waals surface area contributed by atoms with Crippen LogP contribution in [0.15, 0.2) is 0 Å². The normalized spacial score (nSPS) is 56.2. The third kappa shape index (κ3) is 10.9. The van der Waals surface area contributed by atoms with E-state index < -0.39 is 0 Å². The maximum absolute atomic E-state index is 4.26. The fourth-order valence-corrected chi connectivity index (χ4v) is 23.9. The first-order valence-electron chi connectivity index (χ1n) is 35.8. The van der Waals surface area contributed by atoms with Crippen LogP contribution in [0, 0.1) is 94.7 Å². The van der Waals surface area contributed by atoms with Gasteiger partial charge in [-0.1, -0.05) is 103 Å². The van der Waals surface area contributed by atoms with Gasteiger partial charge in [0.1, 0.15) is 0 Å². The zero-order valence-corrected chi connectivity index (χ0v) is 55.5. The van der Waals surface area contributed by atoms with E-state index in [2.05, 4.69) is 85.1 Å². The zero-order valence-electron chi connectivity index (χ0n) is 50.2. The van der Waals surface area contributed by atoms with E-state index in [1.807, 2.05) is 0 Å². The summed E-state index contributed by atoms with van der Waals surface area (Å²) in [6, 6.07) is 0. The molecule has 16 unspecified atom stereocenters. The molecule has 10 aliphatic heterocycles. The van der Waals surface area contributed by atoms with Gasteiger partial charge in [0.15, 0.2) is 0 Å². The molecule has 10 saturated heterocycles. The second kappa shape index (κ2) is 25.4. The first-order valence-corrected chi connectivity index (χ1v) is 35.8. The summed E-state index contributed by atoms with van der Waals surface area (Å²) in [5.41, 5.74) is 0. The Morgan fingerprint density at radius 3 is 0.244 bits per heavy atom. The van der Waals surface area contributed by atoms with Gasteiger partial charge in [-0.2, -0.15) is 0 Å². The molecule has 0 aromatic rings. The van der Waals surface area contributed by atoms with Gasteiger partial charge in [0, 0.05) is 17.4 Å². The molecular formula is C64H115CrN16Sb. The van der Waals surface area contributed by atoms with E-state index >= 15 is 0 Å². The molecule has 82 heavy (non-hydrogen) atoms. The molecule has 18 aliphatic rings. The molecule has 18 rings (SSSR count). The number of hydrogen-bond donors (Lipinski definition) is 16. The van der Waals surface area contributed by atoms with E-state index in [-0.39, 0.29) is 41.8 Å². The molecule has 0 aromatic heterocycles. The van der Waals surface area contributed by atoms with Crippen molar-refractivity contribution in [3.8, 4) is 0 Å². The third-order valence-electron chi connectivity index (χ3n) is 27.6. The average molecular weight is 1280 g/mol. The van der Waals surface area contributed by atoms with E-state index in [9.17, 15) is 0 Å². The minimum absolute atomic E-state index is 0. The third-order valence-corrected chi connectivity index (χ3v) is 27.6. The van der Waals surface area contributed by atoms with Gasteiger partial charge < -0.3 is 0 Å². The van der Waals surface area contributed by atoms with Gasteiger partial charge in [-0.25, -0.2) is 0 Å². The zero-order chi connectivity index (χ0) is 52.4. The van der Waals surface area contributed by atoms with Crippen LogP contribution in [0.25, 0.3) is 0 Å². The molecule has 0 spiro atoms. The molecule has 10 heterocycles. The van der Waals surface area contributed by atoms with E-state index in [0.717, 1.165) is 94.7 Å². The maximum atomic E-state index is 4.26. The van der Waals surface area contributed by atoms with Crippen molar-refractivity contribution in [2.75, 3.05) is 0 Å². The molecule has 8 saturated carbocycles. The first-order chi connectivity index (χ1) is 39.6. The molecular weight excluding hydrogens is 1170 g/mol. The van der Waals surface area contributed by atoms with Crippen LogP contribution in [-0.4, -0.2) is 123 Å².